The van der Waals surface area contributed by atoms with E-state index in [1.165, 1.54) is 30.3 Å². The lowest BCUT2D eigenvalue weighted by Gasteiger charge is -2.33. The first-order valence-corrected chi connectivity index (χ1v) is 7.17. The van der Waals surface area contributed by atoms with Gasteiger partial charge < -0.3 is 10.6 Å². The molecule has 3 rings (SSSR count). The second-order valence-electron chi connectivity index (χ2n) is 5.45. The first kappa shape index (κ1) is 12.3. The molecule has 1 aromatic carbocycles. The Kier molecular flexibility index (Phi) is 3.28. The second kappa shape index (κ2) is 5.08. The molecule has 0 unspecified atom stereocenters. The van der Waals surface area contributed by atoms with Crippen molar-refractivity contribution >= 4 is 22.3 Å². The Balaban J connectivity index is 1.93. The third kappa shape index (κ3) is 2.37. The van der Waals surface area contributed by atoms with Crippen LogP contribution in [0.4, 0.5) is 11.4 Å². The van der Waals surface area contributed by atoms with Crippen molar-refractivity contribution < 1.29 is 0 Å². The van der Waals surface area contributed by atoms with Gasteiger partial charge in [0.15, 0.2) is 0 Å². The number of nitrogens with two attached hydrogens (primary N) is 1. The fourth-order valence-electron chi connectivity index (χ4n) is 3.01. The highest BCUT2D eigenvalue weighted by atomic mass is 15.1. The Labute approximate surface area is 114 Å². The quantitative estimate of drug-likeness (QED) is 0.836. The number of aromatic nitrogens is 1. The lowest BCUT2D eigenvalue weighted by atomic mass is 9.94. The molecule has 1 saturated heterocycles. The van der Waals surface area contributed by atoms with Crippen LogP contribution in [0.5, 0.6) is 0 Å². The molecule has 0 bridgehead atoms. The fourth-order valence-corrected chi connectivity index (χ4v) is 3.01. The van der Waals surface area contributed by atoms with Crippen molar-refractivity contribution in [2.75, 3.05) is 23.7 Å². The van der Waals surface area contributed by atoms with Gasteiger partial charge in [-0.1, -0.05) is 13.3 Å². The van der Waals surface area contributed by atoms with Crippen molar-refractivity contribution in [1.82, 2.24) is 4.98 Å². The standard InChI is InChI=1S/C16H21N3/c1-2-12-6-9-19(10-7-12)16-5-8-18-15-11-13(17)3-4-14(15)16/h3-5,8,11-12H,2,6-7,9-10,17H2,1H3. The molecule has 0 atom stereocenters. The maximum atomic E-state index is 5.84. The maximum absolute atomic E-state index is 5.84. The smallest absolute Gasteiger partial charge is 0.0743 e. The summed E-state index contributed by atoms with van der Waals surface area (Å²) in [6.07, 6.45) is 5.80. The van der Waals surface area contributed by atoms with Crippen LogP contribution in [0.3, 0.4) is 0 Å². The van der Waals surface area contributed by atoms with Gasteiger partial charge in [-0.15, -0.1) is 0 Å². The summed E-state index contributed by atoms with van der Waals surface area (Å²) in [5.41, 5.74) is 8.92. The maximum Gasteiger partial charge on any atom is 0.0743 e. The summed E-state index contributed by atoms with van der Waals surface area (Å²) in [5.74, 6) is 0.903. The highest BCUT2D eigenvalue weighted by Gasteiger charge is 2.19. The molecule has 1 fully saturated rings. The predicted octanol–water partition coefficient (Wildman–Crippen LogP) is 3.44. The van der Waals surface area contributed by atoms with Gasteiger partial charge in [0, 0.05) is 36.0 Å². The van der Waals surface area contributed by atoms with Crippen LogP contribution in [0, 0.1) is 5.92 Å². The zero-order valence-electron chi connectivity index (χ0n) is 11.5. The highest BCUT2D eigenvalue weighted by molar-refractivity contribution is 5.93. The molecule has 3 nitrogen and oxygen atoms in total. The van der Waals surface area contributed by atoms with Crippen LogP contribution in [-0.2, 0) is 0 Å². The zero-order chi connectivity index (χ0) is 13.2. The molecule has 1 aromatic heterocycles. The Hall–Kier alpha value is -1.77. The van der Waals surface area contributed by atoms with E-state index in [4.69, 9.17) is 5.73 Å². The summed E-state index contributed by atoms with van der Waals surface area (Å²) in [5, 5.41) is 1.21. The Bertz CT molecular complexity index is 571. The molecule has 0 spiro atoms. The third-order valence-electron chi connectivity index (χ3n) is 4.28. The van der Waals surface area contributed by atoms with Crippen LogP contribution < -0.4 is 10.6 Å². The number of hydrogen-bond donors (Lipinski definition) is 1. The lowest BCUT2D eigenvalue weighted by Crippen LogP contribution is -2.33. The molecule has 0 saturated carbocycles. The minimum atomic E-state index is 0.779. The number of piperidine rings is 1. The van der Waals surface area contributed by atoms with Crippen molar-refractivity contribution in [2.45, 2.75) is 26.2 Å². The van der Waals surface area contributed by atoms with Crippen molar-refractivity contribution in [3.8, 4) is 0 Å². The summed E-state index contributed by atoms with van der Waals surface area (Å²) >= 11 is 0. The van der Waals surface area contributed by atoms with Crippen LogP contribution in [-0.4, -0.2) is 18.1 Å². The first-order valence-electron chi connectivity index (χ1n) is 7.17. The highest BCUT2D eigenvalue weighted by Crippen LogP contribution is 2.30. The van der Waals surface area contributed by atoms with Gasteiger partial charge in [0.1, 0.15) is 0 Å². The molecule has 2 N–H and O–H groups in total. The minimum Gasteiger partial charge on any atom is -0.399 e. The Morgan fingerprint density at radius 2 is 2.05 bits per heavy atom. The summed E-state index contributed by atoms with van der Waals surface area (Å²) in [7, 11) is 0. The number of nitrogens with zero attached hydrogens (tertiary/aromatic N) is 2. The third-order valence-corrected chi connectivity index (χ3v) is 4.28. The van der Waals surface area contributed by atoms with E-state index in [1.54, 1.807) is 0 Å². The molecule has 2 heterocycles. The van der Waals surface area contributed by atoms with E-state index in [-0.39, 0.29) is 0 Å². The van der Waals surface area contributed by atoms with Crippen molar-refractivity contribution in [2.24, 2.45) is 5.92 Å². The number of hydrogen-bond acceptors (Lipinski definition) is 3. The zero-order valence-corrected chi connectivity index (χ0v) is 11.5. The molecule has 0 amide bonds. The molecule has 2 aromatic rings. The molecule has 1 aliphatic rings. The van der Waals surface area contributed by atoms with Gasteiger partial charge in [-0.3, -0.25) is 4.98 Å². The average Bonchev–Trinajstić information content (AvgIpc) is 2.46. The average molecular weight is 255 g/mol. The van der Waals surface area contributed by atoms with Gasteiger partial charge >= 0.3 is 0 Å². The molecule has 0 radical (unpaired) electrons. The molecule has 0 aliphatic carbocycles. The van der Waals surface area contributed by atoms with Gasteiger partial charge in [-0.05, 0) is 43.0 Å². The van der Waals surface area contributed by atoms with Gasteiger partial charge in [0.05, 0.1) is 5.52 Å². The van der Waals surface area contributed by atoms with Crippen molar-refractivity contribution in [3.63, 3.8) is 0 Å². The van der Waals surface area contributed by atoms with E-state index in [9.17, 15) is 0 Å². The van der Waals surface area contributed by atoms with Crippen LogP contribution in [0.25, 0.3) is 10.9 Å². The largest absolute Gasteiger partial charge is 0.399 e. The topological polar surface area (TPSA) is 42.2 Å². The van der Waals surface area contributed by atoms with Crippen LogP contribution in [0.2, 0.25) is 0 Å². The molecule has 1 aliphatic heterocycles. The Morgan fingerprint density at radius 3 is 2.79 bits per heavy atom. The molecular formula is C16H21N3. The predicted molar refractivity (Wildman–Crippen MR) is 81.4 cm³/mol. The van der Waals surface area contributed by atoms with E-state index in [2.05, 4.69) is 28.9 Å². The monoisotopic (exact) mass is 255 g/mol. The van der Waals surface area contributed by atoms with E-state index in [0.717, 1.165) is 30.2 Å². The van der Waals surface area contributed by atoms with E-state index in [0.29, 0.717) is 0 Å². The van der Waals surface area contributed by atoms with Gasteiger partial charge in [0.2, 0.25) is 0 Å². The fraction of sp³-hybridized carbons (Fsp3) is 0.438. The summed E-state index contributed by atoms with van der Waals surface area (Å²) in [6.45, 7) is 4.61. The number of fused-ring (bicyclic) bond motifs is 1. The number of nitrogen functional groups attached to an aromatic ring is 1. The number of pyridine rings is 1. The number of benzene rings is 1. The normalized spacial score (nSPS) is 17.0. The van der Waals surface area contributed by atoms with Gasteiger partial charge in [0.25, 0.3) is 0 Å². The second-order valence-corrected chi connectivity index (χ2v) is 5.45. The first-order chi connectivity index (χ1) is 9.28. The molecule has 19 heavy (non-hydrogen) atoms. The van der Waals surface area contributed by atoms with Crippen LogP contribution in [0.1, 0.15) is 26.2 Å². The minimum absolute atomic E-state index is 0.779. The summed E-state index contributed by atoms with van der Waals surface area (Å²) in [6, 6.07) is 8.15. The van der Waals surface area contributed by atoms with E-state index < -0.39 is 0 Å². The Morgan fingerprint density at radius 1 is 1.26 bits per heavy atom. The van der Waals surface area contributed by atoms with Crippen molar-refractivity contribution in [3.05, 3.63) is 30.5 Å². The number of rotatable bonds is 2. The molecular weight excluding hydrogens is 234 g/mol. The van der Waals surface area contributed by atoms with E-state index in [1.807, 2.05) is 18.3 Å². The summed E-state index contributed by atoms with van der Waals surface area (Å²) < 4.78 is 0. The molecule has 3 heteroatoms. The lowest BCUT2D eigenvalue weighted by molar-refractivity contribution is 0.395. The van der Waals surface area contributed by atoms with Crippen LogP contribution >= 0.6 is 0 Å². The number of anilines is 2. The molecule has 100 valence electrons. The van der Waals surface area contributed by atoms with Gasteiger partial charge in [-0.25, -0.2) is 0 Å². The SMILES string of the molecule is CCC1CCN(c2ccnc3cc(N)ccc23)CC1. The van der Waals surface area contributed by atoms with Gasteiger partial charge in [-0.2, -0.15) is 0 Å². The van der Waals surface area contributed by atoms with E-state index >= 15 is 0 Å². The van der Waals surface area contributed by atoms with Crippen molar-refractivity contribution in [1.29, 1.82) is 0 Å². The summed E-state index contributed by atoms with van der Waals surface area (Å²) in [4.78, 5) is 6.91. The van der Waals surface area contributed by atoms with Crippen LogP contribution in [0.15, 0.2) is 30.5 Å².